The highest BCUT2D eigenvalue weighted by molar-refractivity contribution is 7.85. The fourth-order valence-electron chi connectivity index (χ4n) is 2.68. The largest absolute Gasteiger partial charge is 0.458 e. The van der Waals surface area contributed by atoms with E-state index in [1.165, 1.54) is 35.0 Å². The fraction of sp³-hybridized carbons (Fsp3) is 0.312. The Hall–Kier alpha value is -2.79. The van der Waals surface area contributed by atoms with Gasteiger partial charge < -0.3 is 9.64 Å². The van der Waals surface area contributed by atoms with Crippen molar-refractivity contribution in [2.75, 3.05) is 26.5 Å². The van der Waals surface area contributed by atoms with Gasteiger partial charge in [-0.05, 0) is 18.2 Å². The number of hydrogen-bond donors (Lipinski definition) is 0. The minimum atomic E-state index is -3.63. The van der Waals surface area contributed by atoms with Crippen LogP contribution < -0.4 is 0 Å². The SMILES string of the molecule is CN1Cc2c(C(=O)OCCOS(C)(=O)=O)ncn2-c2ccc(F)cc2C1=O. The summed E-state index contributed by atoms with van der Waals surface area (Å²) in [4.78, 5) is 30.2. The van der Waals surface area contributed by atoms with Crippen molar-refractivity contribution in [1.29, 1.82) is 0 Å². The molecule has 0 radical (unpaired) electrons. The lowest BCUT2D eigenvalue weighted by Gasteiger charge is -2.14. The summed E-state index contributed by atoms with van der Waals surface area (Å²) in [5, 5.41) is 0. The van der Waals surface area contributed by atoms with Gasteiger partial charge in [0.1, 0.15) is 25.4 Å². The van der Waals surface area contributed by atoms with Crippen molar-refractivity contribution < 1.29 is 31.3 Å². The number of benzene rings is 1. The third-order valence-electron chi connectivity index (χ3n) is 3.86. The van der Waals surface area contributed by atoms with E-state index in [2.05, 4.69) is 9.17 Å². The van der Waals surface area contributed by atoms with Gasteiger partial charge in [-0.3, -0.25) is 13.5 Å². The molecule has 27 heavy (non-hydrogen) atoms. The summed E-state index contributed by atoms with van der Waals surface area (Å²) >= 11 is 0. The number of esters is 1. The lowest BCUT2D eigenvalue weighted by Crippen LogP contribution is -2.26. The van der Waals surface area contributed by atoms with Gasteiger partial charge in [-0.2, -0.15) is 8.42 Å². The Morgan fingerprint density at radius 3 is 2.78 bits per heavy atom. The minimum absolute atomic E-state index is 0.0221. The fourth-order valence-corrected chi connectivity index (χ4v) is 3.05. The predicted octanol–water partition coefficient (Wildman–Crippen LogP) is 0.730. The van der Waals surface area contributed by atoms with Gasteiger partial charge in [-0.25, -0.2) is 14.2 Å². The molecule has 0 atom stereocenters. The monoisotopic (exact) mass is 397 g/mol. The van der Waals surface area contributed by atoms with Gasteiger partial charge in [-0.15, -0.1) is 0 Å². The number of carbonyl (C=O) groups is 2. The summed E-state index contributed by atoms with van der Waals surface area (Å²) in [5.41, 5.74) is 0.916. The van der Waals surface area contributed by atoms with Crippen LogP contribution in [0.25, 0.3) is 5.69 Å². The number of ether oxygens (including phenoxy) is 1. The highest BCUT2D eigenvalue weighted by atomic mass is 32.2. The quantitative estimate of drug-likeness (QED) is 0.416. The molecular formula is C16H16FN3O6S. The van der Waals surface area contributed by atoms with Gasteiger partial charge in [0.05, 0.1) is 29.7 Å². The maximum atomic E-state index is 13.6. The van der Waals surface area contributed by atoms with Crippen molar-refractivity contribution in [3.63, 3.8) is 0 Å². The van der Waals surface area contributed by atoms with Crippen LogP contribution in [0.15, 0.2) is 24.5 Å². The van der Waals surface area contributed by atoms with Crippen LogP contribution in [-0.2, 0) is 25.6 Å². The van der Waals surface area contributed by atoms with E-state index in [9.17, 15) is 22.4 Å². The highest BCUT2D eigenvalue weighted by Crippen LogP contribution is 2.26. The van der Waals surface area contributed by atoms with Crippen molar-refractivity contribution in [3.05, 3.63) is 47.3 Å². The van der Waals surface area contributed by atoms with Crippen molar-refractivity contribution in [1.82, 2.24) is 14.5 Å². The van der Waals surface area contributed by atoms with Gasteiger partial charge in [-0.1, -0.05) is 0 Å². The number of carbonyl (C=O) groups excluding carboxylic acids is 2. The second kappa shape index (κ2) is 7.08. The normalized spacial score (nSPS) is 13.7. The first kappa shape index (κ1) is 19.0. The lowest BCUT2D eigenvalue weighted by molar-refractivity contribution is 0.0444. The van der Waals surface area contributed by atoms with E-state index in [-0.39, 0.29) is 31.0 Å². The number of halogens is 1. The lowest BCUT2D eigenvalue weighted by atomic mass is 10.1. The molecule has 144 valence electrons. The van der Waals surface area contributed by atoms with Crippen LogP contribution in [0.3, 0.4) is 0 Å². The third kappa shape index (κ3) is 3.98. The molecule has 1 aromatic heterocycles. The molecular weight excluding hydrogens is 381 g/mol. The van der Waals surface area contributed by atoms with E-state index in [4.69, 9.17) is 4.74 Å². The van der Waals surface area contributed by atoms with Crippen LogP contribution in [0.4, 0.5) is 4.39 Å². The Morgan fingerprint density at radius 1 is 1.33 bits per heavy atom. The smallest absolute Gasteiger partial charge is 0.358 e. The van der Waals surface area contributed by atoms with Gasteiger partial charge >= 0.3 is 5.97 Å². The van der Waals surface area contributed by atoms with Gasteiger partial charge in [0.15, 0.2) is 5.69 Å². The van der Waals surface area contributed by atoms with Crippen LogP contribution >= 0.6 is 0 Å². The van der Waals surface area contributed by atoms with Crippen molar-refractivity contribution in [2.45, 2.75) is 6.54 Å². The summed E-state index contributed by atoms with van der Waals surface area (Å²) < 4.78 is 46.4. The topological polar surface area (TPSA) is 108 Å². The van der Waals surface area contributed by atoms with Crippen molar-refractivity contribution >= 4 is 22.0 Å². The number of fused-ring (bicyclic) bond motifs is 3. The molecule has 0 unspecified atom stereocenters. The second-order valence-electron chi connectivity index (χ2n) is 5.89. The average Bonchev–Trinajstić information content (AvgIpc) is 2.96. The number of aromatic nitrogens is 2. The maximum absolute atomic E-state index is 13.6. The van der Waals surface area contributed by atoms with E-state index in [0.717, 1.165) is 12.3 Å². The van der Waals surface area contributed by atoms with E-state index in [0.29, 0.717) is 11.4 Å². The van der Waals surface area contributed by atoms with E-state index >= 15 is 0 Å². The minimum Gasteiger partial charge on any atom is -0.458 e. The Labute approximate surface area is 154 Å². The predicted molar refractivity (Wildman–Crippen MR) is 90.4 cm³/mol. The third-order valence-corrected chi connectivity index (χ3v) is 4.45. The zero-order valence-corrected chi connectivity index (χ0v) is 15.3. The summed E-state index contributed by atoms with van der Waals surface area (Å²) in [5.74, 6) is -1.73. The molecule has 11 heteroatoms. The number of nitrogens with zero attached hydrogens (tertiary/aromatic N) is 3. The van der Waals surface area contributed by atoms with E-state index in [1.54, 1.807) is 0 Å². The standard InChI is InChI=1S/C16H16FN3O6S/c1-19-8-13-14(16(22)25-5-6-26-27(2,23)24)18-9-20(13)12-4-3-10(17)7-11(12)15(19)21/h3-4,7,9H,5-6,8H2,1-2H3. The number of hydrogen-bond acceptors (Lipinski definition) is 7. The molecule has 1 aliphatic rings. The highest BCUT2D eigenvalue weighted by Gasteiger charge is 2.29. The Bertz CT molecular complexity index is 1020. The van der Waals surface area contributed by atoms with Crippen LogP contribution in [0.2, 0.25) is 0 Å². The summed E-state index contributed by atoms with van der Waals surface area (Å²) in [6.07, 6.45) is 2.24. The van der Waals surface area contributed by atoms with Crippen molar-refractivity contribution in [3.8, 4) is 5.69 Å². The Morgan fingerprint density at radius 2 is 2.07 bits per heavy atom. The number of amides is 1. The van der Waals surface area contributed by atoms with Gasteiger partial charge in [0.25, 0.3) is 16.0 Å². The molecule has 1 aliphatic heterocycles. The zero-order valence-electron chi connectivity index (χ0n) is 14.5. The molecule has 0 bridgehead atoms. The molecule has 0 saturated heterocycles. The van der Waals surface area contributed by atoms with Crippen LogP contribution in [-0.4, -0.2) is 61.3 Å². The molecule has 1 aromatic carbocycles. The molecule has 9 nitrogen and oxygen atoms in total. The summed E-state index contributed by atoms with van der Waals surface area (Å²) in [6, 6.07) is 3.77. The molecule has 0 saturated carbocycles. The average molecular weight is 397 g/mol. The Balaban J connectivity index is 1.87. The van der Waals surface area contributed by atoms with Crippen LogP contribution in [0, 0.1) is 5.82 Å². The van der Waals surface area contributed by atoms with E-state index < -0.39 is 27.8 Å². The van der Waals surface area contributed by atoms with Gasteiger partial charge in [0, 0.05) is 7.05 Å². The van der Waals surface area contributed by atoms with Gasteiger partial charge in [0.2, 0.25) is 0 Å². The first-order valence-electron chi connectivity index (χ1n) is 7.80. The van der Waals surface area contributed by atoms with E-state index in [1.807, 2.05) is 0 Å². The van der Waals surface area contributed by atoms with Crippen LogP contribution in [0.5, 0.6) is 0 Å². The first-order valence-corrected chi connectivity index (χ1v) is 9.62. The molecule has 0 spiro atoms. The summed E-state index contributed by atoms with van der Waals surface area (Å²) in [6.45, 7) is -0.546. The molecule has 2 aromatic rings. The molecule has 0 fully saturated rings. The molecule has 3 rings (SSSR count). The first-order chi connectivity index (χ1) is 12.7. The number of rotatable bonds is 5. The number of imidazole rings is 1. The molecule has 0 aliphatic carbocycles. The zero-order chi connectivity index (χ0) is 19.8. The Kier molecular flexibility index (Phi) is 4.98. The maximum Gasteiger partial charge on any atom is 0.358 e. The molecule has 0 N–H and O–H groups in total. The molecule has 2 heterocycles. The molecule has 1 amide bonds. The van der Waals surface area contributed by atoms with Crippen LogP contribution in [0.1, 0.15) is 26.5 Å². The second-order valence-corrected chi connectivity index (χ2v) is 7.54. The van der Waals surface area contributed by atoms with Crippen molar-refractivity contribution in [2.24, 2.45) is 0 Å². The summed E-state index contributed by atoms with van der Waals surface area (Å²) in [7, 11) is -2.11.